The van der Waals surface area contributed by atoms with E-state index in [0.29, 0.717) is 10.3 Å². The molecule has 2 aromatic rings. The molecule has 0 radical (unpaired) electrons. The number of aryl methyl sites for hydroxylation is 1. The molecule has 0 spiro atoms. The van der Waals surface area contributed by atoms with Crippen LogP contribution in [-0.4, -0.2) is 31.2 Å². The fraction of sp³-hybridized carbons (Fsp3) is 0.353. The smallest absolute Gasteiger partial charge is 0.151 e. The van der Waals surface area contributed by atoms with Crippen molar-refractivity contribution in [3.63, 3.8) is 0 Å². The van der Waals surface area contributed by atoms with Crippen molar-refractivity contribution in [2.75, 3.05) is 5.75 Å². The summed E-state index contributed by atoms with van der Waals surface area (Å²) >= 11 is 2.98. The molecule has 24 heavy (non-hydrogen) atoms. The Bertz CT molecular complexity index is 652. The number of imidazole rings is 1. The predicted octanol–water partition coefficient (Wildman–Crippen LogP) is 3.46. The summed E-state index contributed by atoms with van der Waals surface area (Å²) < 4.78 is 0. The Morgan fingerprint density at radius 3 is 2.50 bits per heavy atom. The van der Waals surface area contributed by atoms with Crippen molar-refractivity contribution >= 4 is 33.7 Å². The van der Waals surface area contributed by atoms with E-state index in [0.717, 1.165) is 30.7 Å². The fourth-order valence-electron chi connectivity index (χ4n) is 2.43. The Hall–Kier alpha value is -1.73. The second-order valence-electron chi connectivity index (χ2n) is 5.56. The molecule has 0 unspecified atom stereocenters. The van der Waals surface area contributed by atoms with Crippen LogP contribution in [0.1, 0.15) is 23.7 Å². The maximum atomic E-state index is 7.77. The predicted molar refractivity (Wildman–Crippen MR) is 105 cm³/mol. The number of thioether (sulfide) groups is 2. The molecule has 7 heteroatoms. The van der Waals surface area contributed by atoms with Crippen LogP contribution in [0.4, 0.5) is 0 Å². The molecule has 1 atom stereocenters. The maximum Gasteiger partial charge on any atom is 0.151 e. The molecular weight excluding hydrogens is 338 g/mol. The zero-order valence-corrected chi connectivity index (χ0v) is 15.3. The van der Waals surface area contributed by atoms with Gasteiger partial charge in [0.1, 0.15) is 0 Å². The van der Waals surface area contributed by atoms with E-state index in [2.05, 4.69) is 34.2 Å². The molecule has 5 N–H and O–H groups in total. The summed E-state index contributed by atoms with van der Waals surface area (Å²) in [7, 11) is 0. The second kappa shape index (κ2) is 9.54. The van der Waals surface area contributed by atoms with Crippen LogP contribution in [0.15, 0.2) is 36.8 Å². The van der Waals surface area contributed by atoms with Gasteiger partial charge in [-0.2, -0.15) is 0 Å². The molecule has 0 fully saturated rings. The lowest BCUT2D eigenvalue weighted by molar-refractivity contribution is 0.827. The van der Waals surface area contributed by atoms with Crippen molar-refractivity contribution in [1.29, 1.82) is 10.8 Å². The summed E-state index contributed by atoms with van der Waals surface area (Å²) in [6.07, 6.45) is 6.25. The Morgan fingerprint density at radius 1 is 1.21 bits per heavy atom. The number of amidine groups is 1. The van der Waals surface area contributed by atoms with Crippen LogP contribution in [-0.2, 0) is 19.3 Å². The van der Waals surface area contributed by atoms with Crippen LogP contribution >= 0.6 is 23.5 Å². The molecule has 0 saturated heterocycles. The first-order valence-corrected chi connectivity index (χ1v) is 9.63. The number of nitrogens with two attached hydrogens (primary N) is 1. The van der Waals surface area contributed by atoms with Crippen LogP contribution in [0.25, 0.3) is 0 Å². The van der Waals surface area contributed by atoms with Crippen LogP contribution in [0.5, 0.6) is 0 Å². The molecule has 5 nitrogen and oxygen atoms in total. The third kappa shape index (κ3) is 6.80. The minimum Gasteiger partial charge on any atom is -0.379 e. The highest BCUT2D eigenvalue weighted by Crippen LogP contribution is 2.21. The summed E-state index contributed by atoms with van der Waals surface area (Å²) in [5, 5.41) is 16.1. The topological polar surface area (TPSA) is 102 Å². The molecule has 128 valence electrons. The minimum atomic E-state index is 0.173. The molecule has 0 bridgehead atoms. The first-order valence-electron chi connectivity index (χ1n) is 7.76. The first kappa shape index (κ1) is 18.6. The summed E-state index contributed by atoms with van der Waals surface area (Å²) in [6.45, 7) is 1.83. The van der Waals surface area contributed by atoms with E-state index in [4.69, 9.17) is 16.6 Å². The summed E-state index contributed by atoms with van der Waals surface area (Å²) in [6, 6.07) is 8.61. The minimum absolute atomic E-state index is 0.173. The molecule has 0 amide bonds. The third-order valence-electron chi connectivity index (χ3n) is 3.48. The average Bonchev–Trinajstić information content (AvgIpc) is 3.01. The number of aromatic nitrogens is 2. The highest BCUT2D eigenvalue weighted by molar-refractivity contribution is 8.14. The molecule has 1 aromatic heterocycles. The third-order valence-corrected chi connectivity index (χ3v) is 5.22. The molecular formula is C17H23N5S2. The van der Waals surface area contributed by atoms with Crippen LogP contribution in [0, 0.1) is 10.8 Å². The highest BCUT2D eigenvalue weighted by Gasteiger charge is 2.13. The molecule has 0 aliphatic heterocycles. The van der Waals surface area contributed by atoms with E-state index in [1.165, 1.54) is 22.9 Å². The quantitative estimate of drug-likeness (QED) is 0.427. The van der Waals surface area contributed by atoms with Crippen molar-refractivity contribution in [2.45, 2.75) is 31.4 Å². The Morgan fingerprint density at radius 2 is 1.92 bits per heavy atom. The summed E-state index contributed by atoms with van der Waals surface area (Å²) in [4.78, 5) is 7.21. The van der Waals surface area contributed by atoms with Gasteiger partial charge in [-0.3, -0.25) is 10.8 Å². The van der Waals surface area contributed by atoms with Gasteiger partial charge >= 0.3 is 0 Å². The molecule has 1 heterocycles. The second-order valence-corrected chi connectivity index (χ2v) is 8.21. The van der Waals surface area contributed by atoms with Crippen molar-refractivity contribution in [2.24, 2.45) is 5.73 Å². The van der Waals surface area contributed by atoms with Crippen molar-refractivity contribution in [3.8, 4) is 0 Å². The van der Waals surface area contributed by atoms with Gasteiger partial charge < -0.3 is 10.7 Å². The lowest BCUT2D eigenvalue weighted by Crippen LogP contribution is -2.13. The zero-order chi connectivity index (χ0) is 17.4. The van der Waals surface area contributed by atoms with E-state index >= 15 is 0 Å². The van der Waals surface area contributed by atoms with Crippen LogP contribution < -0.4 is 5.73 Å². The molecule has 0 aliphatic rings. The van der Waals surface area contributed by atoms with Gasteiger partial charge in [-0.05, 0) is 30.9 Å². The number of nitrogens with zero attached hydrogens (tertiary/aromatic N) is 1. The van der Waals surface area contributed by atoms with Crippen molar-refractivity contribution < 1.29 is 0 Å². The van der Waals surface area contributed by atoms with E-state index in [9.17, 15) is 0 Å². The van der Waals surface area contributed by atoms with Crippen molar-refractivity contribution in [3.05, 3.63) is 53.6 Å². The fourth-order valence-corrected chi connectivity index (χ4v) is 4.03. The largest absolute Gasteiger partial charge is 0.379 e. The lowest BCUT2D eigenvalue weighted by atomic mass is 10.0. The van der Waals surface area contributed by atoms with Crippen molar-refractivity contribution in [1.82, 2.24) is 9.97 Å². The standard InChI is InChI=1S/C17H23N5S2/c1-12(18)24-16(9-15-10-21-11-22-15)8-14-4-2-13(3-5-14)6-7-23-17(19)20/h2-5,10-11,16,18H,6-9H2,1H3,(H3,19,20)(H,21,22)/t16-/m0/s1. The number of benzene rings is 1. The van der Waals surface area contributed by atoms with E-state index < -0.39 is 0 Å². The van der Waals surface area contributed by atoms with Gasteiger partial charge in [-0.25, -0.2) is 4.98 Å². The van der Waals surface area contributed by atoms with E-state index in [1.807, 2.05) is 13.1 Å². The number of hydrogen-bond acceptors (Lipinski definition) is 5. The summed E-state index contributed by atoms with van der Waals surface area (Å²) in [5.41, 5.74) is 8.99. The van der Waals surface area contributed by atoms with E-state index in [-0.39, 0.29) is 5.17 Å². The van der Waals surface area contributed by atoms with Crippen LogP contribution in [0.3, 0.4) is 0 Å². The van der Waals surface area contributed by atoms with Gasteiger partial charge in [0.25, 0.3) is 0 Å². The van der Waals surface area contributed by atoms with Gasteiger partial charge in [0.15, 0.2) is 5.17 Å². The molecule has 2 rings (SSSR count). The molecule has 1 aromatic carbocycles. The van der Waals surface area contributed by atoms with Gasteiger partial charge in [0, 0.05) is 29.3 Å². The van der Waals surface area contributed by atoms with Gasteiger partial charge in [-0.15, -0.1) is 11.8 Å². The lowest BCUT2D eigenvalue weighted by Gasteiger charge is -2.15. The number of aromatic amines is 1. The number of hydrogen-bond donors (Lipinski definition) is 4. The molecule has 0 aliphatic carbocycles. The summed E-state index contributed by atoms with van der Waals surface area (Å²) in [5.74, 6) is 0.833. The van der Waals surface area contributed by atoms with Gasteiger partial charge in [0.2, 0.25) is 0 Å². The Kier molecular flexibility index (Phi) is 7.39. The first-order chi connectivity index (χ1) is 11.5. The van der Waals surface area contributed by atoms with Crippen LogP contribution in [0.2, 0.25) is 0 Å². The number of nitrogens with one attached hydrogen (secondary N) is 3. The highest BCUT2D eigenvalue weighted by atomic mass is 32.2. The average molecular weight is 362 g/mol. The normalized spacial score (nSPS) is 12.0. The Balaban J connectivity index is 1.92. The van der Waals surface area contributed by atoms with Gasteiger partial charge in [0.05, 0.1) is 11.4 Å². The van der Waals surface area contributed by atoms with E-state index in [1.54, 1.807) is 18.1 Å². The number of H-pyrrole nitrogens is 1. The SMILES string of the molecule is CC(=N)S[C@@H](Cc1ccc(CCSC(=N)N)cc1)Cc1cnc[nH]1. The Labute approximate surface area is 151 Å². The monoisotopic (exact) mass is 361 g/mol. The number of rotatable bonds is 8. The van der Waals surface area contributed by atoms with Gasteiger partial charge in [-0.1, -0.05) is 36.0 Å². The molecule has 0 saturated carbocycles. The zero-order valence-electron chi connectivity index (χ0n) is 13.7. The maximum absolute atomic E-state index is 7.77.